The van der Waals surface area contributed by atoms with E-state index in [0.717, 1.165) is 18.4 Å². The van der Waals surface area contributed by atoms with Gasteiger partial charge >= 0.3 is 0 Å². The summed E-state index contributed by atoms with van der Waals surface area (Å²) in [6.07, 6.45) is 1.55. The Hall–Kier alpha value is -1.42. The van der Waals surface area contributed by atoms with Crippen LogP contribution in [0.4, 0.5) is 0 Å². The largest absolute Gasteiger partial charge is 0.396 e. The number of hydrogen-bond donors (Lipinski definition) is 2. The average Bonchev–Trinajstić information content (AvgIpc) is 2.86. The molecule has 3 rings (SSSR count). The van der Waals surface area contributed by atoms with Crippen LogP contribution in [-0.4, -0.2) is 23.4 Å². The van der Waals surface area contributed by atoms with Crippen LogP contribution in [0.1, 0.15) is 24.3 Å². The number of rotatable bonds is 5. The van der Waals surface area contributed by atoms with E-state index in [0.29, 0.717) is 0 Å². The van der Waals surface area contributed by atoms with Gasteiger partial charge in [0.15, 0.2) is 0 Å². The van der Waals surface area contributed by atoms with E-state index in [1.807, 2.05) is 0 Å². The SMILES string of the molecule is OCCC[C@@H](CO)c1ccc2sc3ccccc3c2c1. The van der Waals surface area contributed by atoms with Gasteiger partial charge in [-0.3, -0.25) is 0 Å². The van der Waals surface area contributed by atoms with Crippen LogP contribution < -0.4 is 0 Å². The van der Waals surface area contributed by atoms with Crippen molar-refractivity contribution in [2.75, 3.05) is 13.2 Å². The van der Waals surface area contributed by atoms with Crippen molar-refractivity contribution in [1.82, 2.24) is 0 Å². The monoisotopic (exact) mass is 286 g/mol. The van der Waals surface area contributed by atoms with Gasteiger partial charge in [-0.2, -0.15) is 0 Å². The van der Waals surface area contributed by atoms with Gasteiger partial charge in [0, 0.05) is 39.3 Å². The van der Waals surface area contributed by atoms with Crippen molar-refractivity contribution < 1.29 is 10.2 Å². The fourth-order valence-electron chi connectivity index (χ4n) is 2.70. The van der Waals surface area contributed by atoms with Crippen LogP contribution in [0.15, 0.2) is 42.5 Å². The molecule has 0 saturated heterocycles. The summed E-state index contributed by atoms with van der Waals surface area (Å²) in [6, 6.07) is 14.9. The van der Waals surface area contributed by atoms with Crippen molar-refractivity contribution in [3.63, 3.8) is 0 Å². The highest BCUT2D eigenvalue weighted by Gasteiger charge is 2.12. The molecule has 0 spiro atoms. The van der Waals surface area contributed by atoms with Crippen LogP contribution in [0.2, 0.25) is 0 Å². The van der Waals surface area contributed by atoms with E-state index in [4.69, 9.17) is 5.11 Å². The molecule has 0 bridgehead atoms. The van der Waals surface area contributed by atoms with Gasteiger partial charge in [0.05, 0.1) is 0 Å². The molecular weight excluding hydrogens is 268 g/mol. The number of aliphatic hydroxyl groups excluding tert-OH is 2. The lowest BCUT2D eigenvalue weighted by molar-refractivity contribution is 0.237. The van der Waals surface area contributed by atoms with E-state index in [1.165, 1.54) is 20.2 Å². The number of thiophene rings is 1. The third-order valence-electron chi connectivity index (χ3n) is 3.80. The van der Waals surface area contributed by atoms with E-state index in [1.54, 1.807) is 11.3 Å². The molecule has 0 unspecified atom stereocenters. The Labute approximate surface area is 122 Å². The minimum absolute atomic E-state index is 0.116. The van der Waals surface area contributed by atoms with Crippen LogP contribution in [0.25, 0.3) is 20.2 Å². The van der Waals surface area contributed by atoms with E-state index >= 15 is 0 Å². The van der Waals surface area contributed by atoms with Gasteiger partial charge in [0.25, 0.3) is 0 Å². The zero-order valence-electron chi connectivity index (χ0n) is 11.2. The summed E-state index contributed by atoms with van der Waals surface area (Å²) in [7, 11) is 0. The maximum absolute atomic E-state index is 9.56. The fourth-order valence-corrected chi connectivity index (χ4v) is 3.79. The Morgan fingerprint density at radius 1 is 0.950 bits per heavy atom. The molecule has 0 aliphatic carbocycles. The van der Waals surface area contributed by atoms with Gasteiger partial charge in [0.2, 0.25) is 0 Å². The third kappa shape index (κ3) is 2.44. The van der Waals surface area contributed by atoms with Gasteiger partial charge in [-0.25, -0.2) is 0 Å². The molecule has 0 aliphatic heterocycles. The molecule has 20 heavy (non-hydrogen) atoms. The average molecular weight is 286 g/mol. The van der Waals surface area contributed by atoms with Crippen molar-refractivity contribution >= 4 is 31.5 Å². The molecule has 2 N–H and O–H groups in total. The standard InChI is InChI=1S/C17H18O2S/c18-9-3-4-13(11-19)12-7-8-17-15(10-12)14-5-1-2-6-16(14)20-17/h1-2,5-8,10,13,18-19H,3-4,9,11H2/t13-/m0/s1. The van der Waals surface area contributed by atoms with Crippen LogP contribution in [0.5, 0.6) is 0 Å². The summed E-state index contributed by atoms with van der Waals surface area (Å²) in [5, 5.41) is 21.1. The summed E-state index contributed by atoms with van der Waals surface area (Å²) in [5.41, 5.74) is 1.16. The minimum Gasteiger partial charge on any atom is -0.396 e. The first-order valence-corrected chi connectivity index (χ1v) is 7.78. The second kappa shape index (κ2) is 5.92. The van der Waals surface area contributed by atoms with Crippen molar-refractivity contribution in [2.45, 2.75) is 18.8 Å². The Morgan fingerprint density at radius 2 is 1.75 bits per heavy atom. The lowest BCUT2D eigenvalue weighted by Gasteiger charge is -2.14. The van der Waals surface area contributed by atoms with Gasteiger partial charge in [0.1, 0.15) is 0 Å². The summed E-state index contributed by atoms with van der Waals surface area (Å²) < 4.78 is 2.59. The Morgan fingerprint density at radius 3 is 2.55 bits per heavy atom. The van der Waals surface area contributed by atoms with Crippen molar-refractivity contribution in [2.24, 2.45) is 0 Å². The Bertz CT molecular complexity index is 717. The zero-order valence-corrected chi connectivity index (χ0v) is 12.1. The number of benzene rings is 2. The van der Waals surface area contributed by atoms with E-state index in [-0.39, 0.29) is 19.1 Å². The molecule has 2 aromatic carbocycles. The fraction of sp³-hybridized carbons (Fsp3) is 0.294. The van der Waals surface area contributed by atoms with Crippen LogP contribution in [0, 0.1) is 0 Å². The zero-order chi connectivity index (χ0) is 13.9. The molecule has 1 atom stereocenters. The normalized spacial score (nSPS) is 13.1. The van der Waals surface area contributed by atoms with E-state index < -0.39 is 0 Å². The first kappa shape index (κ1) is 13.6. The second-order valence-electron chi connectivity index (χ2n) is 5.10. The summed E-state index contributed by atoms with van der Waals surface area (Å²) in [5.74, 6) is 0.116. The molecule has 0 saturated carbocycles. The third-order valence-corrected chi connectivity index (χ3v) is 4.96. The first-order chi connectivity index (χ1) is 9.83. The number of fused-ring (bicyclic) bond motifs is 3. The molecular formula is C17H18O2S. The number of aliphatic hydroxyl groups is 2. The first-order valence-electron chi connectivity index (χ1n) is 6.96. The highest BCUT2D eigenvalue weighted by Crippen LogP contribution is 2.35. The second-order valence-corrected chi connectivity index (χ2v) is 6.18. The summed E-state index contributed by atoms with van der Waals surface area (Å²) in [6.45, 7) is 0.313. The van der Waals surface area contributed by atoms with E-state index in [9.17, 15) is 5.11 Å². The topological polar surface area (TPSA) is 40.5 Å². The molecule has 0 aliphatic rings. The molecule has 3 aromatic rings. The Kier molecular flexibility index (Phi) is 4.01. The van der Waals surface area contributed by atoms with Crippen LogP contribution in [0.3, 0.4) is 0 Å². The van der Waals surface area contributed by atoms with Crippen molar-refractivity contribution in [1.29, 1.82) is 0 Å². The van der Waals surface area contributed by atoms with Gasteiger partial charge in [-0.1, -0.05) is 24.3 Å². The summed E-state index contributed by atoms with van der Waals surface area (Å²) in [4.78, 5) is 0. The molecule has 0 amide bonds. The maximum Gasteiger partial charge on any atom is 0.0499 e. The van der Waals surface area contributed by atoms with Crippen molar-refractivity contribution in [3.8, 4) is 0 Å². The molecule has 2 nitrogen and oxygen atoms in total. The summed E-state index contributed by atoms with van der Waals surface area (Å²) >= 11 is 1.81. The highest BCUT2D eigenvalue weighted by atomic mass is 32.1. The Balaban J connectivity index is 2.06. The lowest BCUT2D eigenvalue weighted by Crippen LogP contribution is -2.05. The smallest absolute Gasteiger partial charge is 0.0499 e. The molecule has 104 valence electrons. The van der Waals surface area contributed by atoms with E-state index in [2.05, 4.69) is 42.5 Å². The van der Waals surface area contributed by atoms with Gasteiger partial charge in [-0.05, 0) is 36.6 Å². The molecule has 0 radical (unpaired) electrons. The molecule has 1 aromatic heterocycles. The predicted octanol–water partition coefficient (Wildman–Crippen LogP) is 3.90. The molecule has 1 heterocycles. The number of hydrogen-bond acceptors (Lipinski definition) is 3. The van der Waals surface area contributed by atoms with Crippen LogP contribution in [-0.2, 0) is 0 Å². The quantitative estimate of drug-likeness (QED) is 0.746. The lowest BCUT2D eigenvalue weighted by atomic mass is 9.94. The highest BCUT2D eigenvalue weighted by molar-refractivity contribution is 7.25. The van der Waals surface area contributed by atoms with Crippen LogP contribution >= 0.6 is 11.3 Å². The molecule has 0 fully saturated rings. The van der Waals surface area contributed by atoms with Gasteiger partial charge < -0.3 is 10.2 Å². The van der Waals surface area contributed by atoms with Gasteiger partial charge in [-0.15, -0.1) is 11.3 Å². The maximum atomic E-state index is 9.56. The minimum atomic E-state index is 0.116. The molecule has 3 heteroatoms. The van der Waals surface area contributed by atoms with Crippen molar-refractivity contribution in [3.05, 3.63) is 48.0 Å². The predicted molar refractivity (Wildman–Crippen MR) is 85.5 cm³/mol.